The Bertz CT molecular complexity index is 616. The molecule has 0 fully saturated rings. The molecule has 0 aliphatic carbocycles. The molecule has 0 radical (unpaired) electrons. The van der Waals surface area contributed by atoms with E-state index in [1.54, 1.807) is 12.5 Å². The lowest BCUT2D eigenvalue weighted by Gasteiger charge is -2.14. The third-order valence-electron chi connectivity index (χ3n) is 3.72. The second-order valence-corrected chi connectivity index (χ2v) is 5.05. The molecule has 0 spiro atoms. The fourth-order valence-electron chi connectivity index (χ4n) is 2.32. The predicted molar refractivity (Wildman–Crippen MR) is 80.1 cm³/mol. The molecular weight excluding hydrogens is 250 g/mol. The van der Waals surface area contributed by atoms with Crippen LogP contribution in [0.25, 0.3) is 0 Å². The van der Waals surface area contributed by atoms with Crippen LogP contribution in [0.5, 0.6) is 0 Å². The van der Waals surface area contributed by atoms with E-state index in [0.717, 1.165) is 5.69 Å². The monoisotopic (exact) mass is 271 g/mol. The van der Waals surface area contributed by atoms with E-state index in [9.17, 15) is 4.79 Å². The maximum Gasteiger partial charge on any atom is 0.326 e. The Balaban J connectivity index is 2.28. The molecule has 1 aromatic heterocycles. The highest BCUT2D eigenvalue weighted by atomic mass is 16.2. The zero-order valence-electron chi connectivity index (χ0n) is 12.5. The first-order valence-electron chi connectivity index (χ1n) is 6.92. The zero-order valence-corrected chi connectivity index (χ0v) is 12.5. The van der Waals surface area contributed by atoms with Gasteiger partial charge in [-0.3, -0.25) is 4.57 Å². The molecule has 2 rings (SSSR count). The molecular formula is C16H21N3O. The minimum absolute atomic E-state index is 0.139. The molecule has 1 heterocycles. The maximum absolute atomic E-state index is 11.8. The quantitative estimate of drug-likeness (QED) is 0.931. The smallest absolute Gasteiger partial charge is 0.326 e. The van der Waals surface area contributed by atoms with Gasteiger partial charge in [0.15, 0.2) is 0 Å². The number of nitrogens with one attached hydrogen (secondary N) is 1. The van der Waals surface area contributed by atoms with Crippen LogP contribution in [0, 0.1) is 13.8 Å². The Labute approximate surface area is 119 Å². The number of aryl methyl sites for hydroxylation is 1. The van der Waals surface area contributed by atoms with Crippen LogP contribution >= 0.6 is 0 Å². The molecule has 106 valence electrons. The normalized spacial score (nSPS) is 12.2. The Hall–Kier alpha value is -2.10. The summed E-state index contributed by atoms with van der Waals surface area (Å²) in [6.45, 7) is 8.86. The lowest BCUT2D eigenvalue weighted by atomic mass is 9.92. The molecule has 0 aliphatic rings. The third kappa shape index (κ3) is 2.74. The van der Waals surface area contributed by atoms with Gasteiger partial charge >= 0.3 is 6.03 Å². The van der Waals surface area contributed by atoms with E-state index in [-0.39, 0.29) is 11.9 Å². The van der Waals surface area contributed by atoms with Gasteiger partial charge in [-0.25, -0.2) is 9.78 Å². The van der Waals surface area contributed by atoms with E-state index in [1.807, 2.05) is 6.92 Å². The molecule has 1 N–H and O–H groups in total. The van der Waals surface area contributed by atoms with E-state index in [2.05, 4.69) is 49.3 Å². The first kappa shape index (κ1) is 14.3. The van der Waals surface area contributed by atoms with Crippen molar-refractivity contribution in [2.24, 2.45) is 0 Å². The van der Waals surface area contributed by atoms with Gasteiger partial charge < -0.3 is 5.32 Å². The van der Waals surface area contributed by atoms with Gasteiger partial charge in [0.25, 0.3) is 0 Å². The summed E-state index contributed by atoms with van der Waals surface area (Å²) in [5.41, 5.74) is 4.72. The van der Waals surface area contributed by atoms with Crippen molar-refractivity contribution in [3.63, 3.8) is 0 Å². The van der Waals surface area contributed by atoms with Crippen molar-refractivity contribution >= 4 is 6.03 Å². The van der Waals surface area contributed by atoms with Crippen LogP contribution in [0.15, 0.2) is 30.7 Å². The lowest BCUT2D eigenvalue weighted by Crippen LogP contribution is -2.27. The Kier molecular flexibility index (Phi) is 4.23. The summed E-state index contributed by atoms with van der Waals surface area (Å²) >= 11 is 0. The summed E-state index contributed by atoms with van der Waals surface area (Å²) in [6.07, 6.45) is 3.37. The van der Waals surface area contributed by atoms with Crippen molar-refractivity contribution in [2.75, 3.05) is 6.54 Å². The van der Waals surface area contributed by atoms with Gasteiger partial charge in [-0.15, -0.1) is 0 Å². The summed E-state index contributed by atoms with van der Waals surface area (Å²) < 4.78 is 1.50. The van der Waals surface area contributed by atoms with Crippen LogP contribution in [0.2, 0.25) is 0 Å². The van der Waals surface area contributed by atoms with Crippen molar-refractivity contribution < 1.29 is 4.79 Å². The number of benzene rings is 1. The highest BCUT2D eigenvalue weighted by molar-refractivity contribution is 5.76. The van der Waals surface area contributed by atoms with Crippen molar-refractivity contribution in [1.29, 1.82) is 0 Å². The number of hydrogen-bond donors (Lipinski definition) is 1. The van der Waals surface area contributed by atoms with Gasteiger partial charge in [-0.1, -0.05) is 25.1 Å². The predicted octanol–water partition coefficient (Wildman–Crippen LogP) is 3.23. The van der Waals surface area contributed by atoms with Crippen LogP contribution in [0.3, 0.4) is 0 Å². The molecule has 1 atom stereocenters. The maximum atomic E-state index is 11.8. The summed E-state index contributed by atoms with van der Waals surface area (Å²) in [7, 11) is 0. The minimum atomic E-state index is -0.139. The van der Waals surface area contributed by atoms with Crippen LogP contribution in [0.1, 0.15) is 42.1 Å². The highest BCUT2D eigenvalue weighted by Gasteiger charge is 2.15. The summed E-state index contributed by atoms with van der Waals surface area (Å²) in [5, 5.41) is 2.76. The number of aromatic nitrogens is 2. The summed E-state index contributed by atoms with van der Waals surface area (Å²) in [6, 6.07) is 6.16. The molecule has 1 aromatic carbocycles. The molecule has 4 heteroatoms. The molecule has 0 saturated heterocycles. The molecule has 0 aliphatic heterocycles. The SMILES string of the molecule is CCNC(=O)n1cnc(C(C)c2cccc(C)c2C)c1. The summed E-state index contributed by atoms with van der Waals surface area (Å²) in [4.78, 5) is 16.1. The van der Waals surface area contributed by atoms with Gasteiger partial charge in [0, 0.05) is 18.7 Å². The van der Waals surface area contributed by atoms with E-state index >= 15 is 0 Å². The van der Waals surface area contributed by atoms with Gasteiger partial charge in [-0.2, -0.15) is 0 Å². The third-order valence-corrected chi connectivity index (χ3v) is 3.72. The Morgan fingerprint density at radius 3 is 2.85 bits per heavy atom. The number of hydrogen-bond acceptors (Lipinski definition) is 2. The van der Waals surface area contributed by atoms with Gasteiger partial charge in [0.2, 0.25) is 0 Å². The molecule has 4 nitrogen and oxygen atoms in total. The van der Waals surface area contributed by atoms with Crippen molar-refractivity contribution in [2.45, 2.75) is 33.6 Å². The fourth-order valence-corrected chi connectivity index (χ4v) is 2.32. The van der Waals surface area contributed by atoms with Crippen LogP contribution in [0.4, 0.5) is 4.79 Å². The number of amides is 1. The van der Waals surface area contributed by atoms with E-state index in [0.29, 0.717) is 6.54 Å². The van der Waals surface area contributed by atoms with E-state index < -0.39 is 0 Å². The summed E-state index contributed by atoms with van der Waals surface area (Å²) in [5.74, 6) is 0.172. The van der Waals surface area contributed by atoms with Crippen LogP contribution in [-0.4, -0.2) is 22.1 Å². The second-order valence-electron chi connectivity index (χ2n) is 5.05. The van der Waals surface area contributed by atoms with Gasteiger partial charge in [0.1, 0.15) is 6.33 Å². The minimum Gasteiger partial charge on any atom is -0.338 e. The number of rotatable bonds is 3. The standard InChI is InChI=1S/C16H21N3O/c1-5-17-16(20)19-9-15(18-10-19)13(4)14-8-6-7-11(2)12(14)3/h6-10,13H,5H2,1-4H3,(H,17,20). The molecule has 1 unspecified atom stereocenters. The van der Waals surface area contributed by atoms with Gasteiger partial charge in [-0.05, 0) is 37.5 Å². The zero-order chi connectivity index (χ0) is 14.7. The Morgan fingerprint density at radius 1 is 1.40 bits per heavy atom. The molecule has 0 saturated carbocycles. The number of nitrogens with zero attached hydrogens (tertiary/aromatic N) is 2. The van der Waals surface area contributed by atoms with E-state index in [4.69, 9.17) is 0 Å². The first-order valence-corrected chi connectivity index (χ1v) is 6.92. The lowest BCUT2D eigenvalue weighted by molar-refractivity contribution is 0.243. The fraction of sp³-hybridized carbons (Fsp3) is 0.375. The topological polar surface area (TPSA) is 46.9 Å². The highest BCUT2D eigenvalue weighted by Crippen LogP contribution is 2.26. The van der Waals surface area contributed by atoms with Crippen molar-refractivity contribution in [1.82, 2.24) is 14.9 Å². The molecule has 2 aromatic rings. The van der Waals surface area contributed by atoms with Crippen LogP contribution < -0.4 is 5.32 Å². The molecule has 1 amide bonds. The number of carbonyl (C=O) groups is 1. The average molecular weight is 271 g/mol. The largest absolute Gasteiger partial charge is 0.338 e. The first-order chi connectivity index (χ1) is 9.54. The second kappa shape index (κ2) is 5.90. The van der Waals surface area contributed by atoms with Crippen LogP contribution in [-0.2, 0) is 0 Å². The molecule has 0 bridgehead atoms. The number of imidazole rings is 1. The van der Waals surface area contributed by atoms with Crippen molar-refractivity contribution in [3.8, 4) is 0 Å². The van der Waals surface area contributed by atoms with Crippen molar-refractivity contribution in [3.05, 3.63) is 53.1 Å². The Morgan fingerprint density at radius 2 is 2.15 bits per heavy atom. The van der Waals surface area contributed by atoms with E-state index in [1.165, 1.54) is 21.3 Å². The molecule has 20 heavy (non-hydrogen) atoms. The van der Waals surface area contributed by atoms with Gasteiger partial charge in [0.05, 0.1) is 5.69 Å². The number of carbonyl (C=O) groups excluding carboxylic acids is 1. The average Bonchev–Trinajstić information content (AvgIpc) is 2.91.